The Labute approximate surface area is 155 Å². The smallest absolute Gasteiger partial charge is 0.328 e. The van der Waals surface area contributed by atoms with E-state index in [0.717, 1.165) is 17.2 Å². The Morgan fingerprint density at radius 3 is 2.41 bits per heavy atom. The van der Waals surface area contributed by atoms with E-state index in [9.17, 15) is 14.0 Å². The maximum Gasteiger partial charge on any atom is 0.328 e. The van der Waals surface area contributed by atoms with E-state index in [-0.39, 0.29) is 5.56 Å². The van der Waals surface area contributed by atoms with Gasteiger partial charge in [0, 0.05) is 11.8 Å². The molecule has 0 radical (unpaired) electrons. The summed E-state index contributed by atoms with van der Waals surface area (Å²) in [6.07, 6.45) is 2.42. The molecule has 0 spiro atoms. The van der Waals surface area contributed by atoms with Gasteiger partial charge in [-0.1, -0.05) is 48.5 Å². The highest BCUT2D eigenvalue weighted by atomic mass is 19.1. The molecule has 0 aromatic heterocycles. The van der Waals surface area contributed by atoms with E-state index >= 15 is 0 Å². The molecular weight excluding hydrogens is 345 g/mol. The van der Waals surface area contributed by atoms with Crippen molar-refractivity contribution in [2.24, 2.45) is 0 Å². The number of carboxylic acid groups (broad SMARTS) is 1. The molecular formula is C22H16FNO3. The number of benzene rings is 3. The van der Waals surface area contributed by atoms with Crippen molar-refractivity contribution in [3.8, 4) is 11.1 Å². The van der Waals surface area contributed by atoms with Crippen molar-refractivity contribution in [3.05, 3.63) is 95.8 Å². The molecule has 0 atom stereocenters. The molecule has 0 aliphatic rings. The molecule has 134 valence electrons. The molecule has 4 nitrogen and oxygen atoms in total. The molecule has 27 heavy (non-hydrogen) atoms. The minimum atomic E-state index is -1.07. The molecule has 5 heteroatoms. The average Bonchev–Trinajstić information content (AvgIpc) is 2.67. The Morgan fingerprint density at radius 1 is 0.889 bits per heavy atom. The number of aliphatic carboxylic acids is 1. The van der Waals surface area contributed by atoms with Gasteiger partial charge in [0.1, 0.15) is 5.82 Å². The number of nitrogens with one attached hydrogen (secondary N) is 1. The van der Waals surface area contributed by atoms with Gasteiger partial charge in [0.2, 0.25) is 0 Å². The first-order valence-electron chi connectivity index (χ1n) is 8.20. The van der Waals surface area contributed by atoms with Gasteiger partial charge in [0.25, 0.3) is 5.91 Å². The summed E-state index contributed by atoms with van der Waals surface area (Å²) in [5, 5.41) is 11.3. The second-order valence-corrected chi connectivity index (χ2v) is 5.81. The molecule has 0 unspecified atom stereocenters. The first-order valence-corrected chi connectivity index (χ1v) is 8.20. The van der Waals surface area contributed by atoms with Gasteiger partial charge in [-0.15, -0.1) is 0 Å². The fraction of sp³-hybridized carbons (Fsp3) is 0. The number of carbonyl (C=O) groups excluding carboxylic acids is 1. The zero-order chi connectivity index (χ0) is 19.2. The first kappa shape index (κ1) is 18.1. The van der Waals surface area contributed by atoms with Crippen LogP contribution >= 0.6 is 0 Å². The highest BCUT2D eigenvalue weighted by Gasteiger charge is 2.13. The van der Waals surface area contributed by atoms with Crippen molar-refractivity contribution in [1.82, 2.24) is 0 Å². The standard InChI is InChI=1S/C22H16FNO3/c23-20-11-10-17(16-6-2-1-3-7-16)14-19(20)22(27)24-18-8-4-5-15(13-18)9-12-21(25)26/h1-14H,(H,24,27)(H,25,26)/b12-9+. The third-order valence-corrected chi connectivity index (χ3v) is 3.88. The van der Waals surface area contributed by atoms with Gasteiger partial charge >= 0.3 is 5.97 Å². The highest BCUT2D eigenvalue weighted by molar-refractivity contribution is 6.05. The Kier molecular flexibility index (Phi) is 5.42. The van der Waals surface area contributed by atoms with Gasteiger partial charge in [-0.05, 0) is 47.0 Å². The Bertz CT molecular complexity index is 1010. The fourth-order valence-electron chi connectivity index (χ4n) is 2.60. The molecule has 0 saturated carbocycles. The number of amides is 1. The molecule has 3 rings (SSSR count). The lowest BCUT2D eigenvalue weighted by molar-refractivity contribution is -0.131. The highest BCUT2D eigenvalue weighted by Crippen LogP contribution is 2.23. The molecule has 0 aliphatic carbocycles. The van der Waals surface area contributed by atoms with E-state index in [0.29, 0.717) is 11.3 Å². The van der Waals surface area contributed by atoms with Crippen molar-refractivity contribution in [3.63, 3.8) is 0 Å². The van der Waals surface area contributed by atoms with Crippen LogP contribution in [0.4, 0.5) is 10.1 Å². The van der Waals surface area contributed by atoms with Crippen molar-refractivity contribution in [1.29, 1.82) is 0 Å². The molecule has 0 fully saturated rings. The maximum atomic E-state index is 14.2. The summed E-state index contributed by atoms with van der Waals surface area (Å²) in [6.45, 7) is 0. The van der Waals surface area contributed by atoms with Gasteiger partial charge < -0.3 is 10.4 Å². The summed E-state index contributed by atoms with van der Waals surface area (Å²) in [6, 6.07) is 20.4. The number of carbonyl (C=O) groups is 2. The van der Waals surface area contributed by atoms with Crippen LogP contribution in [0.25, 0.3) is 17.2 Å². The third-order valence-electron chi connectivity index (χ3n) is 3.88. The number of hydrogen-bond acceptors (Lipinski definition) is 2. The van der Waals surface area contributed by atoms with E-state index < -0.39 is 17.7 Å². The Hall–Kier alpha value is -3.73. The van der Waals surface area contributed by atoms with Crippen molar-refractivity contribution in [2.45, 2.75) is 0 Å². The van der Waals surface area contributed by atoms with E-state index in [2.05, 4.69) is 5.32 Å². The normalized spacial score (nSPS) is 10.7. The predicted molar refractivity (Wildman–Crippen MR) is 103 cm³/mol. The zero-order valence-electron chi connectivity index (χ0n) is 14.2. The molecule has 3 aromatic rings. The lowest BCUT2D eigenvalue weighted by Crippen LogP contribution is -2.14. The lowest BCUT2D eigenvalue weighted by Gasteiger charge is -2.09. The predicted octanol–water partition coefficient (Wildman–Crippen LogP) is 4.84. The molecule has 1 amide bonds. The second kappa shape index (κ2) is 8.10. The van der Waals surface area contributed by atoms with Crippen LogP contribution in [0.1, 0.15) is 15.9 Å². The van der Waals surface area contributed by atoms with Gasteiger partial charge in [0.15, 0.2) is 0 Å². The summed E-state index contributed by atoms with van der Waals surface area (Å²) in [4.78, 5) is 23.1. The van der Waals surface area contributed by atoms with E-state index in [1.54, 1.807) is 30.3 Å². The summed E-state index contributed by atoms with van der Waals surface area (Å²) in [5.74, 6) is -2.26. The van der Waals surface area contributed by atoms with Crippen LogP contribution in [-0.4, -0.2) is 17.0 Å². The monoisotopic (exact) mass is 361 g/mol. The number of halogens is 1. The maximum absolute atomic E-state index is 14.2. The SMILES string of the molecule is O=C(O)/C=C/c1cccc(NC(=O)c2cc(-c3ccccc3)ccc2F)c1. The molecule has 0 heterocycles. The quantitative estimate of drug-likeness (QED) is 0.639. The Morgan fingerprint density at radius 2 is 1.67 bits per heavy atom. The van der Waals surface area contributed by atoms with Crippen LogP contribution in [0.2, 0.25) is 0 Å². The topological polar surface area (TPSA) is 66.4 Å². The van der Waals surface area contributed by atoms with Gasteiger partial charge in [-0.2, -0.15) is 0 Å². The first-order chi connectivity index (χ1) is 13.0. The largest absolute Gasteiger partial charge is 0.478 e. The van der Waals surface area contributed by atoms with Gasteiger partial charge in [0.05, 0.1) is 5.56 Å². The number of carboxylic acids is 1. The van der Waals surface area contributed by atoms with E-state index in [1.807, 2.05) is 30.3 Å². The lowest BCUT2D eigenvalue weighted by atomic mass is 10.0. The third kappa shape index (κ3) is 4.67. The zero-order valence-corrected chi connectivity index (χ0v) is 14.2. The van der Waals surface area contributed by atoms with Gasteiger partial charge in [-0.25, -0.2) is 9.18 Å². The molecule has 2 N–H and O–H groups in total. The molecule has 3 aromatic carbocycles. The van der Waals surface area contributed by atoms with Crippen LogP contribution in [0, 0.1) is 5.82 Å². The molecule has 0 bridgehead atoms. The van der Waals surface area contributed by atoms with Crippen LogP contribution in [-0.2, 0) is 4.79 Å². The number of anilines is 1. The molecule has 0 saturated heterocycles. The number of hydrogen-bond donors (Lipinski definition) is 2. The average molecular weight is 361 g/mol. The van der Waals surface area contributed by atoms with Crippen molar-refractivity contribution >= 4 is 23.6 Å². The van der Waals surface area contributed by atoms with Crippen LogP contribution in [0.15, 0.2) is 78.9 Å². The summed E-state index contributed by atoms with van der Waals surface area (Å²) < 4.78 is 14.2. The minimum absolute atomic E-state index is 0.0668. The Balaban J connectivity index is 1.84. The molecule has 0 aliphatic heterocycles. The second-order valence-electron chi connectivity index (χ2n) is 5.81. The number of rotatable bonds is 5. The summed E-state index contributed by atoms with van der Waals surface area (Å²) in [5.41, 5.74) is 2.60. The van der Waals surface area contributed by atoms with Crippen LogP contribution < -0.4 is 5.32 Å². The summed E-state index contributed by atoms with van der Waals surface area (Å²) >= 11 is 0. The van der Waals surface area contributed by atoms with Crippen molar-refractivity contribution < 1.29 is 19.1 Å². The fourth-order valence-corrected chi connectivity index (χ4v) is 2.60. The minimum Gasteiger partial charge on any atom is -0.478 e. The van der Waals surface area contributed by atoms with Crippen LogP contribution in [0.3, 0.4) is 0 Å². The summed E-state index contributed by atoms with van der Waals surface area (Å²) in [7, 11) is 0. The van der Waals surface area contributed by atoms with E-state index in [1.165, 1.54) is 18.2 Å². The van der Waals surface area contributed by atoms with Gasteiger partial charge in [-0.3, -0.25) is 4.79 Å². The van der Waals surface area contributed by atoms with E-state index in [4.69, 9.17) is 5.11 Å². The van der Waals surface area contributed by atoms with Crippen LogP contribution in [0.5, 0.6) is 0 Å². The van der Waals surface area contributed by atoms with Crippen molar-refractivity contribution in [2.75, 3.05) is 5.32 Å².